The zero-order chi connectivity index (χ0) is 13.7. The molecule has 0 bridgehead atoms. The fourth-order valence-electron chi connectivity index (χ4n) is 1.45. The summed E-state index contributed by atoms with van der Waals surface area (Å²) in [5, 5.41) is 4.47. The first-order chi connectivity index (χ1) is 9.18. The summed E-state index contributed by atoms with van der Waals surface area (Å²) < 4.78 is 0.723. The molecule has 0 saturated heterocycles. The van der Waals surface area contributed by atoms with Gasteiger partial charge in [-0.25, -0.2) is 5.43 Å². The van der Waals surface area contributed by atoms with Gasteiger partial charge in [-0.15, -0.1) is 0 Å². The average Bonchev–Trinajstić information content (AvgIpc) is 2.41. The van der Waals surface area contributed by atoms with Gasteiger partial charge >= 0.3 is 0 Å². The number of hydrogen-bond acceptors (Lipinski definition) is 2. The number of hydrazone groups is 1. The molecule has 0 spiro atoms. The van der Waals surface area contributed by atoms with Crippen molar-refractivity contribution in [3.05, 3.63) is 69.2 Å². The summed E-state index contributed by atoms with van der Waals surface area (Å²) in [5.41, 5.74) is 3.73. The van der Waals surface area contributed by atoms with Crippen molar-refractivity contribution in [2.45, 2.75) is 0 Å². The van der Waals surface area contributed by atoms with Crippen LogP contribution in [0.1, 0.15) is 15.9 Å². The van der Waals surface area contributed by atoms with E-state index in [2.05, 4.69) is 26.5 Å². The number of hydrogen-bond donors (Lipinski definition) is 1. The number of halogens is 2. The standard InChI is InChI=1S/C14H10BrClN2O/c15-12-7-3-2-6-11(12)14(19)18-17-9-10-5-1-4-8-13(10)16/h1-9H,(H,18,19)/b17-9+. The Morgan fingerprint density at radius 3 is 2.58 bits per heavy atom. The first kappa shape index (κ1) is 13.8. The summed E-state index contributed by atoms with van der Waals surface area (Å²) >= 11 is 9.28. The molecule has 0 aliphatic heterocycles. The highest BCUT2D eigenvalue weighted by Crippen LogP contribution is 2.15. The molecule has 1 N–H and O–H groups in total. The van der Waals surface area contributed by atoms with Crippen LogP contribution in [0.4, 0.5) is 0 Å². The summed E-state index contributed by atoms with van der Waals surface area (Å²) in [6, 6.07) is 14.4. The maximum atomic E-state index is 11.9. The second-order valence-electron chi connectivity index (χ2n) is 3.70. The first-order valence-corrected chi connectivity index (χ1v) is 6.68. The van der Waals surface area contributed by atoms with Crippen LogP contribution in [0.25, 0.3) is 0 Å². The van der Waals surface area contributed by atoms with Crippen LogP contribution in [0.15, 0.2) is 58.1 Å². The van der Waals surface area contributed by atoms with E-state index < -0.39 is 0 Å². The molecule has 0 unspecified atom stereocenters. The summed E-state index contributed by atoms with van der Waals surface area (Å²) in [6.45, 7) is 0. The minimum Gasteiger partial charge on any atom is -0.267 e. The molecule has 5 heteroatoms. The van der Waals surface area contributed by atoms with Crippen molar-refractivity contribution in [2.75, 3.05) is 0 Å². The predicted octanol–water partition coefficient (Wildman–Crippen LogP) is 3.87. The maximum absolute atomic E-state index is 11.9. The average molecular weight is 338 g/mol. The van der Waals surface area contributed by atoms with Gasteiger partial charge in [-0.1, -0.05) is 41.9 Å². The molecule has 19 heavy (non-hydrogen) atoms. The Morgan fingerprint density at radius 1 is 1.16 bits per heavy atom. The number of benzene rings is 2. The SMILES string of the molecule is O=C(N/N=C/c1ccccc1Cl)c1ccccc1Br. The lowest BCUT2D eigenvalue weighted by molar-refractivity contribution is 0.0954. The van der Waals surface area contributed by atoms with Crippen LogP contribution in [-0.4, -0.2) is 12.1 Å². The van der Waals surface area contributed by atoms with E-state index in [1.54, 1.807) is 24.3 Å². The fraction of sp³-hybridized carbons (Fsp3) is 0. The summed E-state index contributed by atoms with van der Waals surface area (Å²) in [4.78, 5) is 11.9. The van der Waals surface area contributed by atoms with Gasteiger partial charge < -0.3 is 0 Å². The van der Waals surface area contributed by atoms with Crippen LogP contribution in [0.5, 0.6) is 0 Å². The zero-order valence-electron chi connectivity index (χ0n) is 9.81. The zero-order valence-corrected chi connectivity index (χ0v) is 12.1. The minimum absolute atomic E-state index is 0.282. The van der Waals surface area contributed by atoms with Gasteiger partial charge in [0.1, 0.15) is 0 Å². The van der Waals surface area contributed by atoms with Crippen LogP contribution >= 0.6 is 27.5 Å². The van der Waals surface area contributed by atoms with Crippen molar-refractivity contribution in [3.63, 3.8) is 0 Å². The van der Waals surface area contributed by atoms with Gasteiger partial charge in [0, 0.05) is 15.1 Å². The van der Waals surface area contributed by atoms with Crippen molar-refractivity contribution in [1.29, 1.82) is 0 Å². The molecule has 0 heterocycles. The molecular formula is C14H10BrClN2O. The summed E-state index contributed by atoms with van der Waals surface area (Å²) in [5.74, 6) is -0.282. The highest BCUT2D eigenvalue weighted by atomic mass is 79.9. The van der Waals surface area contributed by atoms with Gasteiger partial charge in [0.25, 0.3) is 5.91 Å². The van der Waals surface area contributed by atoms with Crippen molar-refractivity contribution < 1.29 is 4.79 Å². The van der Waals surface area contributed by atoms with Gasteiger partial charge in [-0.3, -0.25) is 4.79 Å². The van der Waals surface area contributed by atoms with Crippen LogP contribution in [0, 0.1) is 0 Å². The van der Waals surface area contributed by atoms with E-state index in [0.717, 1.165) is 10.0 Å². The Labute approximate surface area is 124 Å². The molecule has 0 aliphatic rings. The summed E-state index contributed by atoms with van der Waals surface area (Å²) in [7, 11) is 0. The molecular weight excluding hydrogens is 328 g/mol. The molecule has 2 aromatic rings. The lowest BCUT2D eigenvalue weighted by Gasteiger charge is -2.02. The first-order valence-electron chi connectivity index (χ1n) is 5.51. The molecule has 0 aliphatic carbocycles. The van der Waals surface area contributed by atoms with E-state index in [0.29, 0.717) is 10.6 Å². The molecule has 2 aromatic carbocycles. The Kier molecular flexibility index (Phi) is 4.71. The second-order valence-corrected chi connectivity index (χ2v) is 4.96. The van der Waals surface area contributed by atoms with Gasteiger partial charge in [0.2, 0.25) is 0 Å². The quantitative estimate of drug-likeness (QED) is 0.670. The maximum Gasteiger partial charge on any atom is 0.272 e. The van der Waals surface area contributed by atoms with Crippen LogP contribution in [-0.2, 0) is 0 Å². The Morgan fingerprint density at radius 2 is 1.84 bits per heavy atom. The van der Waals surface area contributed by atoms with Gasteiger partial charge in [-0.05, 0) is 34.1 Å². The van der Waals surface area contributed by atoms with Crippen molar-refractivity contribution in [2.24, 2.45) is 5.10 Å². The smallest absolute Gasteiger partial charge is 0.267 e. The monoisotopic (exact) mass is 336 g/mol. The fourth-order valence-corrected chi connectivity index (χ4v) is 2.10. The molecule has 0 atom stereocenters. The van der Waals surface area contributed by atoms with E-state index in [-0.39, 0.29) is 5.91 Å². The van der Waals surface area contributed by atoms with E-state index in [4.69, 9.17) is 11.6 Å². The highest BCUT2D eigenvalue weighted by Gasteiger charge is 2.07. The van der Waals surface area contributed by atoms with Crippen molar-refractivity contribution in [1.82, 2.24) is 5.43 Å². The Bertz CT molecular complexity index is 628. The summed E-state index contributed by atoms with van der Waals surface area (Å²) in [6.07, 6.45) is 1.51. The van der Waals surface area contributed by atoms with E-state index in [1.165, 1.54) is 6.21 Å². The normalized spacial score (nSPS) is 10.6. The molecule has 3 nitrogen and oxygen atoms in total. The topological polar surface area (TPSA) is 41.5 Å². The molecule has 0 aromatic heterocycles. The predicted molar refractivity (Wildman–Crippen MR) is 80.7 cm³/mol. The minimum atomic E-state index is -0.282. The highest BCUT2D eigenvalue weighted by molar-refractivity contribution is 9.10. The van der Waals surface area contributed by atoms with Gasteiger partial charge in [0.15, 0.2) is 0 Å². The lowest BCUT2D eigenvalue weighted by Crippen LogP contribution is -2.18. The van der Waals surface area contributed by atoms with E-state index in [9.17, 15) is 4.79 Å². The van der Waals surface area contributed by atoms with Gasteiger partial charge in [0.05, 0.1) is 11.8 Å². The molecule has 0 fully saturated rings. The number of rotatable bonds is 3. The molecule has 2 rings (SSSR count). The van der Waals surface area contributed by atoms with Crippen LogP contribution < -0.4 is 5.43 Å². The Hall–Kier alpha value is -1.65. The third-order valence-electron chi connectivity index (χ3n) is 2.39. The Balaban J connectivity index is 2.06. The number of nitrogens with zero attached hydrogens (tertiary/aromatic N) is 1. The van der Waals surface area contributed by atoms with Crippen molar-refractivity contribution >= 4 is 39.7 Å². The van der Waals surface area contributed by atoms with Crippen LogP contribution in [0.3, 0.4) is 0 Å². The lowest BCUT2D eigenvalue weighted by atomic mass is 10.2. The second kappa shape index (κ2) is 6.50. The third-order valence-corrected chi connectivity index (χ3v) is 3.43. The van der Waals surface area contributed by atoms with Gasteiger partial charge in [-0.2, -0.15) is 5.10 Å². The molecule has 0 radical (unpaired) electrons. The molecule has 0 saturated carbocycles. The van der Waals surface area contributed by atoms with Crippen molar-refractivity contribution in [3.8, 4) is 0 Å². The number of carbonyl (C=O) groups is 1. The number of amides is 1. The largest absolute Gasteiger partial charge is 0.272 e. The molecule has 96 valence electrons. The number of nitrogens with one attached hydrogen (secondary N) is 1. The van der Waals surface area contributed by atoms with E-state index in [1.807, 2.05) is 24.3 Å². The van der Waals surface area contributed by atoms with E-state index >= 15 is 0 Å². The molecule has 1 amide bonds. The number of carbonyl (C=O) groups excluding carboxylic acids is 1. The third kappa shape index (κ3) is 3.66. The van der Waals surface area contributed by atoms with Crippen LogP contribution in [0.2, 0.25) is 5.02 Å².